The van der Waals surface area contributed by atoms with Gasteiger partial charge < -0.3 is 10.0 Å². The standard InChI is InChI=1S/C18H23N7O2/c1-22-16(5-7-19-22)18(27)15-12-14-13-23(10-11-25(14)21-15)17(26)4-2-8-24-9-3-6-20-24/h3,5-7,9,12,18,27H,2,4,8,10-11,13H2,1H3. The van der Waals surface area contributed by atoms with Gasteiger partial charge in [0.2, 0.25) is 5.91 Å². The van der Waals surface area contributed by atoms with Gasteiger partial charge in [-0.2, -0.15) is 15.3 Å². The van der Waals surface area contributed by atoms with Crippen LogP contribution in [0.3, 0.4) is 0 Å². The number of hydrogen-bond donors (Lipinski definition) is 1. The molecule has 0 aliphatic carbocycles. The Kier molecular flexibility index (Phi) is 4.76. The predicted octanol–water partition coefficient (Wildman–Crippen LogP) is 0.717. The Hall–Kier alpha value is -2.94. The number of nitrogens with zero attached hydrogens (tertiary/aromatic N) is 7. The van der Waals surface area contributed by atoms with Crippen molar-refractivity contribution in [3.63, 3.8) is 0 Å². The quantitative estimate of drug-likeness (QED) is 0.691. The summed E-state index contributed by atoms with van der Waals surface area (Å²) in [6.45, 7) is 2.53. The van der Waals surface area contributed by atoms with Crippen molar-refractivity contribution < 1.29 is 9.90 Å². The van der Waals surface area contributed by atoms with Crippen molar-refractivity contribution >= 4 is 5.91 Å². The molecule has 142 valence electrons. The molecule has 0 bridgehead atoms. The van der Waals surface area contributed by atoms with E-state index in [1.807, 2.05) is 32.6 Å². The van der Waals surface area contributed by atoms with Crippen LogP contribution in [-0.2, 0) is 31.5 Å². The Bertz CT molecular complexity index is 912. The second-order valence-corrected chi connectivity index (χ2v) is 6.75. The van der Waals surface area contributed by atoms with E-state index in [9.17, 15) is 9.90 Å². The lowest BCUT2D eigenvalue weighted by Gasteiger charge is -2.27. The molecule has 1 aliphatic heterocycles. The number of aliphatic hydroxyl groups excluding tert-OH is 1. The summed E-state index contributed by atoms with van der Waals surface area (Å²) in [6.07, 6.45) is 5.73. The van der Waals surface area contributed by atoms with Crippen LogP contribution in [0.2, 0.25) is 0 Å². The van der Waals surface area contributed by atoms with E-state index in [0.717, 1.165) is 18.7 Å². The molecular formula is C18H23N7O2. The zero-order valence-electron chi connectivity index (χ0n) is 15.3. The third kappa shape index (κ3) is 3.63. The summed E-state index contributed by atoms with van der Waals surface area (Å²) >= 11 is 0. The van der Waals surface area contributed by atoms with E-state index in [1.165, 1.54) is 0 Å². The minimum Gasteiger partial charge on any atom is -0.380 e. The SMILES string of the molecule is Cn1nccc1C(O)c1cc2n(n1)CCN(C(=O)CCCn1cccn1)C2. The maximum absolute atomic E-state index is 12.5. The van der Waals surface area contributed by atoms with Crippen LogP contribution in [0.5, 0.6) is 0 Å². The molecule has 9 nitrogen and oxygen atoms in total. The summed E-state index contributed by atoms with van der Waals surface area (Å²) in [5.41, 5.74) is 2.22. The zero-order valence-corrected chi connectivity index (χ0v) is 15.3. The van der Waals surface area contributed by atoms with Crippen molar-refractivity contribution in [2.45, 2.75) is 38.6 Å². The number of carbonyl (C=O) groups is 1. The molecule has 1 amide bonds. The van der Waals surface area contributed by atoms with Crippen LogP contribution >= 0.6 is 0 Å². The number of aryl methyl sites for hydroxylation is 2. The fourth-order valence-electron chi connectivity index (χ4n) is 3.42. The van der Waals surface area contributed by atoms with E-state index in [-0.39, 0.29) is 5.91 Å². The second-order valence-electron chi connectivity index (χ2n) is 6.75. The van der Waals surface area contributed by atoms with Crippen molar-refractivity contribution in [2.24, 2.45) is 7.05 Å². The first kappa shape index (κ1) is 17.5. The lowest BCUT2D eigenvalue weighted by molar-refractivity contribution is -0.132. The number of carbonyl (C=O) groups excluding carboxylic acids is 1. The van der Waals surface area contributed by atoms with Gasteiger partial charge in [0.05, 0.1) is 30.2 Å². The van der Waals surface area contributed by atoms with E-state index in [4.69, 9.17) is 0 Å². The third-order valence-electron chi connectivity index (χ3n) is 4.93. The number of rotatable bonds is 6. The van der Waals surface area contributed by atoms with Gasteiger partial charge in [0.15, 0.2) is 0 Å². The van der Waals surface area contributed by atoms with Crippen molar-refractivity contribution in [3.05, 3.63) is 53.9 Å². The molecule has 0 fully saturated rings. The molecule has 0 saturated heterocycles. The third-order valence-corrected chi connectivity index (χ3v) is 4.93. The predicted molar refractivity (Wildman–Crippen MR) is 96.4 cm³/mol. The van der Waals surface area contributed by atoms with Crippen LogP contribution in [0.4, 0.5) is 0 Å². The van der Waals surface area contributed by atoms with Crippen LogP contribution in [0.25, 0.3) is 0 Å². The summed E-state index contributed by atoms with van der Waals surface area (Å²) in [5.74, 6) is 0.142. The van der Waals surface area contributed by atoms with E-state index in [1.54, 1.807) is 30.2 Å². The molecule has 3 aromatic rings. The van der Waals surface area contributed by atoms with Gasteiger partial charge in [0.25, 0.3) is 0 Å². The maximum atomic E-state index is 12.5. The highest BCUT2D eigenvalue weighted by atomic mass is 16.3. The molecule has 27 heavy (non-hydrogen) atoms. The first-order valence-electron chi connectivity index (χ1n) is 9.09. The van der Waals surface area contributed by atoms with Gasteiger partial charge in [-0.1, -0.05) is 0 Å². The summed E-state index contributed by atoms with van der Waals surface area (Å²) in [5, 5.41) is 23.3. The largest absolute Gasteiger partial charge is 0.380 e. The molecular weight excluding hydrogens is 346 g/mol. The Balaban J connectivity index is 1.37. The van der Waals surface area contributed by atoms with E-state index < -0.39 is 6.10 Å². The van der Waals surface area contributed by atoms with Crippen LogP contribution in [0, 0.1) is 0 Å². The number of amides is 1. The maximum Gasteiger partial charge on any atom is 0.223 e. The topological polar surface area (TPSA) is 94.0 Å². The van der Waals surface area contributed by atoms with E-state index >= 15 is 0 Å². The van der Waals surface area contributed by atoms with Crippen LogP contribution in [0.1, 0.15) is 36.0 Å². The van der Waals surface area contributed by atoms with Gasteiger partial charge in [-0.3, -0.25) is 18.8 Å². The van der Waals surface area contributed by atoms with E-state index in [0.29, 0.717) is 37.4 Å². The number of fused-ring (bicyclic) bond motifs is 1. The summed E-state index contributed by atoms with van der Waals surface area (Å²) in [6, 6.07) is 5.53. The lowest BCUT2D eigenvalue weighted by atomic mass is 10.1. The summed E-state index contributed by atoms with van der Waals surface area (Å²) in [4.78, 5) is 14.4. The van der Waals surface area contributed by atoms with Crippen molar-refractivity contribution in [3.8, 4) is 0 Å². The average Bonchev–Trinajstić information content (AvgIpc) is 3.40. The minimum absolute atomic E-state index is 0.142. The highest BCUT2D eigenvalue weighted by molar-refractivity contribution is 5.76. The molecule has 4 rings (SSSR count). The molecule has 1 aliphatic rings. The molecule has 1 N–H and O–H groups in total. The smallest absolute Gasteiger partial charge is 0.223 e. The van der Waals surface area contributed by atoms with Crippen molar-refractivity contribution in [2.75, 3.05) is 6.54 Å². The fourth-order valence-corrected chi connectivity index (χ4v) is 3.42. The first-order valence-corrected chi connectivity index (χ1v) is 9.09. The van der Waals surface area contributed by atoms with Crippen molar-refractivity contribution in [1.82, 2.24) is 34.2 Å². The fraction of sp³-hybridized carbons (Fsp3) is 0.444. The van der Waals surface area contributed by atoms with Crippen LogP contribution < -0.4 is 0 Å². The molecule has 0 aromatic carbocycles. The van der Waals surface area contributed by atoms with Gasteiger partial charge in [0, 0.05) is 45.1 Å². The Morgan fingerprint density at radius 2 is 2.19 bits per heavy atom. The molecule has 0 spiro atoms. The Morgan fingerprint density at radius 3 is 2.93 bits per heavy atom. The second kappa shape index (κ2) is 7.36. The highest BCUT2D eigenvalue weighted by Crippen LogP contribution is 2.23. The Morgan fingerprint density at radius 1 is 1.30 bits per heavy atom. The zero-order chi connectivity index (χ0) is 18.8. The van der Waals surface area contributed by atoms with Gasteiger partial charge in [-0.05, 0) is 24.6 Å². The number of aliphatic hydroxyl groups is 1. The lowest BCUT2D eigenvalue weighted by Crippen LogP contribution is -2.38. The average molecular weight is 369 g/mol. The van der Waals surface area contributed by atoms with Crippen LogP contribution in [-0.4, -0.2) is 51.8 Å². The molecule has 1 atom stereocenters. The highest BCUT2D eigenvalue weighted by Gasteiger charge is 2.25. The van der Waals surface area contributed by atoms with Crippen LogP contribution in [0.15, 0.2) is 36.8 Å². The first-order chi connectivity index (χ1) is 13.1. The van der Waals surface area contributed by atoms with Gasteiger partial charge in [-0.15, -0.1) is 0 Å². The summed E-state index contributed by atoms with van der Waals surface area (Å²) < 4.78 is 5.35. The van der Waals surface area contributed by atoms with Crippen molar-refractivity contribution in [1.29, 1.82) is 0 Å². The normalized spacial score (nSPS) is 15.0. The Labute approximate surface area is 156 Å². The molecule has 4 heterocycles. The van der Waals surface area contributed by atoms with Gasteiger partial charge in [0.1, 0.15) is 6.10 Å². The monoisotopic (exact) mass is 369 g/mol. The molecule has 1 unspecified atom stereocenters. The van der Waals surface area contributed by atoms with E-state index in [2.05, 4.69) is 15.3 Å². The molecule has 9 heteroatoms. The van der Waals surface area contributed by atoms with Gasteiger partial charge >= 0.3 is 0 Å². The molecule has 0 saturated carbocycles. The minimum atomic E-state index is -0.825. The molecule has 0 radical (unpaired) electrons. The van der Waals surface area contributed by atoms with Gasteiger partial charge in [-0.25, -0.2) is 0 Å². The summed E-state index contributed by atoms with van der Waals surface area (Å²) in [7, 11) is 1.79. The molecule has 3 aromatic heterocycles. The number of aromatic nitrogens is 6. The number of hydrogen-bond acceptors (Lipinski definition) is 5.